The molecule has 2 unspecified atom stereocenters. The third-order valence-electron chi connectivity index (χ3n) is 4.64. The number of aromatic hydroxyl groups is 1. The molecule has 3 rings (SSSR count). The van der Waals surface area contributed by atoms with Crippen LogP contribution in [0.1, 0.15) is 53.1 Å². The molecule has 1 amide bonds. The third kappa shape index (κ3) is 3.63. The van der Waals surface area contributed by atoms with Crippen LogP contribution >= 0.6 is 11.6 Å². The Bertz CT molecular complexity index is 925. The van der Waals surface area contributed by atoms with Gasteiger partial charge >= 0.3 is 0 Å². The lowest BCUT2D eigenvalue weighted by molar-refractivity contribution is -0.0627. The second-order valence-electron chi connectivity index (χ2n) is 7.07. The summed E-state index contributed by atoms with van der Waals surface area (Å²) in [6.07, 6.45) is -1.06. The van der Waals surface area contributed by atoms with Crippen molar-refractivity contribution >= 4 is 23.3 Å². The lowest BCUT2D eigenvalue weighted by Gasteiger charge is -2.42. The Morgan fingerprint density at radius 2 is 1.89 bits per heavy atom. The number of carbonyl (C=O) groups excluding carboxylic acids is 2. The fourth-order valence-corrected chi connectivity index (χ4v) is 3.34. The van der Waals surface area contributed by atoms with E-state index in [1.54, 1.807) is 32.0 Å². The van der Waals surface area contributed by atoms with Gasteiger partial charge in [0.1, 0.15) is 23.2 Å². The number of aliphatic hydroxyl groups excluding tert-OH is 1. The van der Waals surface area contributed by atoms with E-state index < -0.39 is 23.7 Å². The number of ether oxygens (including phenoxy) is 1. The van der Waals surface area contributed by atoms with E-state index in [2.05, 4.69) is 5.32 Å². The van der Waals surface area contributed by atoms with E-state index in [4.69, 9.17) is 16.3 Å². The molecule has 0 aliphatic carbocycles. The van der Waals surface area contributed by atoms with Gasteiger partial charge < -0.3 is 20.3 Å². The average Bonchev–Trinajstić information content (AvgIpc) is 2.58. The van der Waals surface area contributed by atoms with Gasteiger partial charge in [0, 0.05) is 11.1 Å². The molecule has 3 N–H and O–H groups in total. The van der Waals surface area contributed by atoms with Crippen molar-refractivity contribution in [3.05, 3.63) is 58.1 Å². The largest absolute Gasteiger partial charge is 0.508 e. The Labute approximate surface area is 161 Å². The fraction of sp³-hybridized carbons (Fsp3) is 0.300. The maximum atomic E-state index is 12.7. The summed E-state index contributed by atoms with van der Waals surface area (Å²) in [5.41, 5.74) is 0.167. The van der Waals surface area contributed by atoms with E-state index in [1.165, 1.54) is 25.1 Å². The van der Waals surface area contributed by atoms with Crippen molar-refractivity contribution in [2.24, 2.45) is 0 Å². The summed E-state index contributed by atoms with van der Waals surface area (Å²) in [4.78, 5) is 24.5. The molecule has 1 aliphatic heterocycles. The number of nitrogens with one attached hydrogen (secondary N) is 1. The number of aliphatic hydroxyl groups is 1. The van der Waals surface area contributed by atoms with Gasteiger partial charge in [-0.3, -0.25) is 9.59 Å². The summed E-state index contributed by atoms with van der Waals surface area (Å²) < 4.78 is 5.85. The van der Waals surface area contributed by atoms with Crippen LogP contribution in [0.3, 0.4) is 0 Å². The molecule has 142 valence electrons. The van der Waals surface area contributed by atoms with Crippen molar-refractivity contribution < 1.29 is 24.5 Å². The first-order valence-electron chi connectivity index (χ1n) is 8.41. The summed E-state index contributed by atoms with van der Waals surface area (Å²) in [6, 6.07) is 8.13. The number of carbonyl (C=O) groups is 2. The number of halogens is 1. The van der Waals surface area contributed by atoms with E-state index in [0.29, 0.717) is 16.9 Å². The van der Waals surface area contributed by atoms with Crippen molar-refractivity contribution in [3.63, 3.8) is 0 Å². The molecule has 7 heteroatoms. The number of hydrogen-bond donors (Lipinski definition) is 3. The highest BCUT2D eigenvalue weighted by molar-refractivity contribution is 6.34. The van der Waals surface area contributed by atoms with Gasteiger partial charge in [0.25, 0.3) is 5.91 Å². The SMILES string of the molecule is CC(=O)c1ccc2c(c1)C(NC(=O)c1ccc(O)cc1Cl)C(O)C(C)(C)O2. The number of benzene rings is 2. The van der Waals surface area contributed by atoms with Crippen LogP contribution in [0.2, 0.25) is 5.02 Å². The quantitative estimate of drug-likeness (QED) is 0.700. The maximum Gasteiger partial charge on any atom is 0.253 e. The number of hydrogen-bond acceptors (Lipinski definition) is 5. The number of phenols is 1. The average molecular weight is 390 g/mol. The molecule has 1 aliphatic rings. The van der Waals surface area contributed by atoms with Gasteiger partial charge in [-0.15, -0.1) is 0 Å². The highest BCUT2D eigenvalue weighted by Crippen LogP contribution is 2.40. The molecular formula is C20H20ClNO5. The van der Waals surface area contributed by atoms with Crippen LogP contribution < -0.4 is 10.1 Å². The monoisotopic (exact) mass is 389 g/mol. The van der Waals surface area contributed by atoms with Crippen molar-refractivity contribution in [1.82, 2.24) is 5.32 Å². The highest BCUT2D eigenvalue weighted by atomic mass is 35.5. The van der Waals surface area contributed by atoms with Crippen molar-refractivity contribution in [2.75, 3.05) is 0 Å². The molecule has 0 radical (unpaired) electrons. The molecule has 6 nitrogen and oxygen atoms in total. The first kappa shape index (κ1) is 19.2. The van der Waals surface area contributed by atoms with Gasteiger partial charge in [-0.05, 0) is 57.2 Å². The van der Waals surface area contributed by atoms with E-state index >= 15 is 0 Å². The predicted octanol–water partition coefficient (Wildman–Crippen LogP) is 3.25. The van der Waals surface area contributed by atoms with Gasteiger partial charge in [0.05, 0.1) is 16.6 Å². The van der Waals surface area contributed by atoms with Gasteiger partial charge in [-0.2, -0.15) is 0 Å². The normalized spacial score (nSPS) is 20.3. The lowest BCUT2D eigenvalue weighted by Crippen LogP contribution is -2.53. The third-order valence-corrected chi connectivity index (χ3v) is 4.95. The number of fused-ring (bicyclic) bond motifs is 1. The lowest BCUT2D eigenvalue weighted by atomic mass is 9.85. The first-order chi connectivity index (χ1) is 12.6. The van der Waals surface area contributed by atoms with Crippen LogP contribution in [0, 0.1) is 0 Å². The second-order valence-corrected chi connectivity index (χ2v) is 7.48. The molecule has 0 spiro atoms. The van der Waals surface area contributed by atoms with E-state index in [-0.39, 0.29) is 22.1 Å². The Balaban J connectivity index is 2.01. The number of amides is 1. The zero-order valence-corrected chi connectivity index (χ0v) is 15.9. The number of ketones is 1. The van der Waals surface area contributed by atoms with Gasteiger partial charge in [-0.1, -0.05) is 11.6 Å². The van der Waals surface area contributed by atoms with Crippen LogP contribution in [0.5, 0.6) is 11.5 Å². The number of phenolic OH excluding ortho intramolecular Hbond substituents is 1. The van der Waals surface area contributed by atoms with E-state index in [1.807, 2.05) is 0 Å². The molecule has 0 fully saturated rings. The predicted molar refractivity (Wildman–Crippen MR) is 100 cm³/mol. The number of Topliss-reactive ketones (excluding diaryl/α,β-unsaturated/α-hetero) is 1. The zero-order valence-electron chi connectivity index (χ0n) is 15.1. The topological polar surface area (TPSA) is 95.9 Å². The molecule has 27 heavy (non-hydrogen) atoms. The maximum absolute atomic E-state index is 12.7. The Morgan fingerprint density at radius 1 is 1.19 bits per heavy atom. The van der Waals surface area contributed by atoms with Crippen molar-refractivity contribution in [3.8, 4) is 11.5 Å². The minimum Gasteiger partial charge on any atom is -0.508 e. The zero-order chi connectivity index (χ0) is 19.9. The molecule has 0 bridgehead atoms. The Hall–Kier alpha value is -2.57. The summed E-state index contributed by atoms with van der Waals surface area (Å²) in [5, 5.41) is 23.1. The van der Waals surface area contributed by atoms with Crippen LogP contribution in [0.25, 0.3) is 0 Å². The molecule has 2 aromatic rings. The molecule has 2 aromatic carbocycles. The second kappa shape index (κ2) is 6.87. The summed E-state index contributed by atoms with van der Waals surface area (Å²) in [5.74, 6) is -0.220. The van der Waals surface area contributed by atoms with Gasteiger partial charge in [0.15, 0.2) is 5.78 Å². The standard InChI is InChI=1S/C20H20ClNO5/c1-10(23)11-4-7-16-14(8-11)17(18(25)20(2,3)27-16)22-19(26)13-6-5-12(24)9-15(13)21/h4-9,17-18,24-25H,1-3H3,(H,22,26). The van der Waals surface area contributed by atoms with Crippen LogP contribution in [0.15, 0.2) is 36.4 Å². The van der Waals surface area contributed by atoms with Crippen LogP contribution in [-0.4, -0.2) is 33.6 Å². The summed E-state index contributed by atoms with van der Waals surface area (Å²) in [6.45, 7) is 4.87. The minimum atomic E-state index is -1.06. The molecule has 0 saturated heterocycles. The van der Waals surface area contributed by atoms with E-state index in [0.717, 1.165) is 0 Å². The Morgan fingerprint density at radius 3 is 2.52 bits per heavy atom. The van der Waals surface area contributed by atoms with Crippen molar-refractivity contribution in [2.45, 2.75) is 38.5 Å². The summed E-state index contributed by atoms with van der Waals surface area (Å²) >= 11 is 6.05. The highest BCUT2D eigenvalue weighted by Gasteiger charge is 2.44. The minimum absolute atomic E-state index is 0.0553. The van der Waals surface area contributed by atoms with Crippen molar-refractivity contribution in [1.29, 1.82) is 0 Å². The molecular weight excluding hydrogens is 370 g/mol. The molecule has 0 aromatic heterocycles. The van der Waals surface area contributed by atoms with Gasteiger partial charge in [-0.25, -0.2) is 0 Å². The molecule has 2 atom stereocenters. The van der Waals surface area contributed by atoms with E-state index in [9.17, 15) is 19.8 Å². The molecule has 0 saturated carbocycles. The fourth-order valence-electron chi connectivity index (χ4n) is 3.08. The van der Waals surface area contributed by atoms with Crippen LogP contribution in [-0.2, 0) is 0 Å². The van der Waals surface area contributed by atoms with Crippen LogP contribution in [0.4, 0.5) is 0 Å². The summed E-state index contributed by atoms with van der Waals surface area (Å²) in [7, 11) is 0. The molecule has 1 heterocycles. The first-order valence-corrected chi connectivity index (χ1v) is 8.79. The smallest absolute Gasteiger partial charge is 0.253 e. The Kier molecular flexibility index (Phi) is 4.88. The number of rotatable bonds is 3. The van der Waals surface area contributed by atoms with Gasteiger partial charge in [0.2, 0.25) is 0 Å².